The fraction of sp³-hybridized carbons (Fsp3) is 0.700. The number of aliphatic carboxylic acids is 1. The van der Waals surface area contributed by atoms with E-state index >= 15 is 0 Å². The van der Waals surface area contributed by atoms with E-state index in [0.717, 1.165) is 19.4 Å². The minimum absolute atomic E-state index is 0.252. The number of carboxylic acid groups (broad SMARTS) is 1. The number of hydrogen-bond donors (Lipinski definition) is 5. The lowest BCUT2D eigenvalue weighted by atomic mass is 10.2. The van der Waals surface area contributed by atoms with Crippen molar-refractivity contribution in [2.45, 2.75) is 24.9 Å². The van der Waals surface area contributed by atoms with Crippen molar-refractivity contribution < 1.29 is 29.3 Å². The van der Waals surface area contributed by atoms with Crippen LogP contribution in [0.2, 0.25) is 0 Å². The summed E-state index contributed by atoms with van der Waals surface area (Å²) in [5, 5.41) is 18.8. The Hall–Kier alpha value is -1.55. The van der Waals surface area contributed by atoms with E-state index in [1.54, 1.807) is 0 Å². The van der Waals surface area contributed by atoms with Crippen LogP contribution in [0.15, 0.2) is 0 Å². The van der Waals surface area contributed by atoms with Gasteiger partial charge in [0, 0.05) is 0 Å². The normalized spacial score (nSPS) is 19.0. The fourth-order valence-corrected chi connectivity index (χ4v) is 1.19. The molecule has 110 valence electrons. The minimum Gasteiger partial charge on any atom is -0.480 e. The second-order valence-corrected chi connectivity index (χ2v) is 3.77. The first-order valence-corrected chi connectivity index (χ1v) is 5.69. The van der Waals surface area contributed by atoms with Crippen LogP contribution >= 0.6 is 0 Å². The molecule has 0 aliphatic carbocycles. The Balaban J connectivity index is 0.000000399. The van der Waals surface area contributed by atoms with Gasteiger partial charge in [0.15, 0.2) is 0 Å². The SMILES string of the molecule is NCC(=O)OC(=O)[C@@H]1CCCN1.N[C@@H](CO)C(=O)O. The van der Waals surface area contributed by atoms with Crippen LogP contribution in [0.1, 0.15) is 12.8 Å². The molecule has 0 amide bonds. The number of nitrogens with one attached hydrogen (secondary N) is 1. The Morgan fingerprint density at radius 2 is 2.05 bits per heavy atom. The largest absolute Gasteiger partial charge is 0.480 e. The lowest BCUT2D eigenvalue weighted by molar-refractivity contribution is -0.160. The zero-order chi connectivity index (χ0) is 14.8. The Labute approximate surface area is 109 Å². The molecule has 0 aromatic heterocycles. The van der Waals surface area contributed by atoms with E-state index in [4.69, 9.17) is 21.7 Å². The molecule has 9 nitrogen and oxygen atoms in total. The molecule has 0 unspecified atom stereocenters. The quantitative estimate of drug-likeness (QED) is 0.268. The summed E-state index contributed by atoms with van der Waals surface area (Å²) in [6.45, 7) is 0.0460. The fourth-order valence-electron chi connectivity index (χ4n) is 1.19. The van der Waals surface area contributed by atoms with E-state index < -0.39 is 30.6 Å². The van der Waals surface area contributed by atoms with Gasteiger partial charge >= 0.3 is 17.9 Å². The van der Waals surface area contributed by atoms with Gasteiger partial charge in [-0.1, -0.05) is 0 Å². The maximum absolute atomic E-state index is 11.1. The van der Waals surface area contributed by atoms with Gasteiger partial charge < -0.3 is 31.7 Å². The number of aliphatic hydroxyl groups excluding tert-OH is 1. The van der Waals surface area contributed by atoms with E-state index in [0.29, 0.717) is 0 Å². The number of carbonyl (C=O) groups excluding carboxylic acids is 2. The summed E-state index contributed by atoms with van der Waals surface area (Å²) in [6.07, 6.45) is 1.67. The van der Waals surface area contributed by atoms with Crippen LogP contribution in [-0.4, -0.2) is 59.9 Å². The first-order chi connectivity index (χ1) is 8.92. The third-order valence-corrected chi connectivity index (χ3v) is 2.24. The summed E-state index contributed by atoms with van der Waals surface area (Å²) in [5.74, 6) is -2.36. The van der Waals surface area contributed by atoms with Gasteiger partial charge in [-0.15, -0.1) is 0 Å². The van der Waals surface area contributed by atoms with Crippen LogP contribution in [0.25, 0.3) is 0 Å². The van der Waals surface area contributed by atoms with E-state index in [-0.39, 0.29) is 12.6 Å². The molecule has 0 aromatic rings. The number of nitrogens with two attached hydrogens (primary N) is 2. The second kappa shape index (κ2) is 9.39. The summed E-state index contributed by atoms with van der Waals surface area (Å²) in [5.41, 5.74) is 9.74. The van der Waals surface area contributed by atoms with E-state index in [1.807, 2.05) is 0 Å². The van der Waals surface area contributed by atoms with Gasteiger partial charge in [0.25, 0.3) is 0 Å². The molecule has 1 rings (SSSR count). The van der Waals surface area contributed by atoms with E-state index in [9.17, 15) is 14.4 Å². The summed E-state index contributed by atoms with van der Waals surface area (Å²) in [4.78, 5) is 31.3. The highest BCUT2D eigenvalue weighted by molar-refractivity contribution is 5.89. The van der Waals surface area contributed by atoms with E-state index in [1.165, 1.54) is 0 Å². The van der Waals surface area contributed by atoms with Crippen molar-refractivity contribution in [3.63, 3.8) is 0 Å². The Bertz CT molecular complexity index is 316. The Kier molecular flexibility index (Phi) is 8.62. The van der Waals surface area contributed by atoms with Gasteiger partial charge in [-0.3, -0.25) is 9.59 Å². The summed E-state index contributed by atoms with van der Waals surface area (Å²) >= 11 is 0. The number of esters is 2. The maximum atomic E-state index is 11.1. The number of ether oxygens (including phenoxy) is 1. The minimum atomic E-state index is -1.18. The molecular weight excluding hydrogens is 258 g/mol. The Morgan fingerprint density at radius 1 is 1.42 bits per heavy atom. The topological polar surface area (TPSA) is 165 Å². The number of carbonyl (C=O) groups is 3. The van der Waals surface area contributed by atoms with Crippen molar-refractivity contribution in [2.75, 3.05) is 19.7 Å². The molecule has 19 heavy (non-hydrogen) atoms. The van der Waals surface area contributed by atoms with Crippen molar-refractivity contribution in [1.29, 1.82) is 0 Å². The van der Waals surface area contributed by atoms with Crippen LogP contribution in [-0.2, 0) is 19.1 Å². The highest BCUT2D eigenvalue weighted by Crippen LogP contribution is 2.06. The van der Waals surface area contributed by atoms with Crippen molar-refractivity contribution >= 4 is 17.9 Å². The van der Waals surface area contributed by atoms with Crippen molar-refractivity contribution in [2.24, 2.45) is 11.5 Å². The Morgan fingerprint density at radius 3 is 2.37 bits per heavy atom. The van der Waals surface area contributed by atoms with Gasteiger partial charge in [-0.2, -0.15) is 0 Å². The highest BCUT2D eigenvalue weighted by atomic mass is 16.6. The monoisotopic (exact) mass is 277 g/mol. The lowest BCUT2D eigenvalue weighted by Gasteiger charge is -2.07. The zero-order valence-corrected chi connectivity index (χ0v) is 10.4. The molecule has 0 radical (unpaired) electrons. The van der Waals surface area contributed by atoms with Gasteiger partial charge in [-0.25, -0.2) is 4.79 Å². The summed E-state index contributed by atoms with van der Waals surface area (Å²) < 4.78 is 4.42. The standard InChI is InChI=1S/C7H12N2O3.C3H7NO3/c8-4-6(10)12-7(11)5-2-1-3-9-5;4-2(1-5)3(6)7/h5,9H,1-4,8H2;2,5H,1,4H2,(H,6,7)/t5-;2-/m00/s1. The zero-order valence-electron chi connectivity index (χ0n) is 10.4. The van der Waals surface area contributed by atoms with Crippen LogP contribution in [0.3, 0.4) is 0 Å². The molecule has 0 aromatic carbocycles. The molecule has 1 heterocycles. The lowest BCUT2D eigenvalue weighted by Crippen LogP contribution is -2.35. The average molecular weight is 277 g/mol. The van der Waals surface area contributed by atoms with Crippen molar-refractivity contribution in [3.8, 4) is 0 Å². The predicted octanol–water partition coefficient (Wildman–Crippen LogP) is -2.84. The molecule has 0 bridgehead atoms. The maximum Gasteiger partial charge on any atom is 0.330 e. The average Bonchev–Trinajstić information content (AvgIpc) is 2.92. The molecule has 0 spiro atoms. The number of rotatable bonds is 4. The molecule has 9 heteroatoms. The second-order valence-electron chi connectivity index (χ2n) is 3.77. The highest BCUT2D eigenvalue weighted by Gasteiger charge is 2.24. The first-order valence-electron chi connectivity index (χ1n) is 5.69. The molecule has 2 atom stereocenters. The van der Waals surface area contributed by atoms with Crippen LogP contribution < -0.4 is 16.8 Å². The molecule has 1 aliphatic heterocycles. The van der Waals surface area contributed by atoms with Gasteiger partial charge in [0.1, 0.15) is 12.1 Å². The van der Waals surface area contributed by atoms with Gasteiger partial charge in [0.05, 0.1) is 13.2 Å². The van der Waals surface area contributed by atoms with Gasteiger partial charge in [-0.05, 0) is 19.4 Å². The summed E-state index contributed by atoms with van der Waals surface area (Å²) in [7, 11) is 0. The number of carboxylic acids is 1. The van der Waals surface area contributed by atoms with Crippen molar-refractivity contribution in [3.05, 3.63) is 0 Å². The predicted molar refractivity (Wildman–Crippen MR) is 63.9 cm³/mol. The number of hydrogen-bond acceptors (Lipinski definition) is 8. The molecule has 0 saturated carbocycles. The molecular formula is C10H19N3O6. The molecule has 1 saturated heterocycles. The van der Waals surface area contributed by atoms with E-state index in [2.05, 4.69) is 10.1 Å². The third-order valence-electron chi connectivity index (χ3n) is 2.24. The molecule has 1 aliphatic rings. The van der Waals surface area contributed by atoms with Gasteiger partial charge in [0.2, 0.25) is 0 Å². The molecule has 7 N–H and O–H groups in total. The van der Waals surface area contributed by atoms with Crippen molar-refractivity contribution in [1.82, 2.24) is 5.32 Å². The smallest absolute Gasteiger partial charge is 0.330 e. The van der Waals surface area contributed by atoms with Crippen LogP contribution in [0.5, 0.6) is 0 Å². The summed E-state index contributed by atoms with van der Waals surface area (Å²) in [6, 6.07) is -1.44. The third kappa shape index (κ3) is 7.47. The first kappa shape index (κ1) is 17.4. The van der Waals surface area contributed by atoms with Crippen LogP contribution in [0, 0.1) is 0 Å². The molecule has 1 fully saturated rings. The van der Waals surface area contributed by atoms with Crippen LogP contribution in [0.4, 0.5) is 0 Å². The number of aliphatic hydroxyl groups is 1.